The first-order valence-corrected chi connectivity index (χ1v) is 10.6. The van der Waals surface area contributed by atoms with Gasteiger partial charge in [-0.05, 0) is 30.0 Å². The number of ether oxygens (including phenoxy) is 2. The number of nitrogens with zero attached hydrogens (tertiary/aromatic N) is 2. The molecule has 0 spiro atoms. The van der Waals surface area contributed by atoms with Crippen LogP contribution in [0.15, 0.2) is 23.1 Å². The van der Waals surface area contributed by atoms with Gasteiger partial charge < -0.3 is 14.4 Å². The molecule has 4 rings (SSSR count). The summed E-state index contributed by atoms with van der Waals surface area (Å²) in [6.45, 7) is 3.79. The lowest BCUT2D eigenvalue weighted by Crippen LogP contribution is -2.42. The SMILES string of the molecule is O=C([C@@H]1CCOC1)N1CCc2c(cccc2S(=O)(=O)N2CCOCC2)C1. The zero-order chi connectivity index (χ0) is 18.1. The topological polar surface area (TPSA) is 76.2 Å². The third-order valence-electron chi connectivity index (χ3n) is 5.40. The highest BCUT2D eigenvalue weighted by Crippen LogP contribution is 2.29. The van der Waals surface area contributed by atoms with Gasteiger partial charge in [-0.3, -0.25) is 4.79 Å². The molecule has 0 aliphatic carbocycles. The van der Waals surface area contributed by atoms with Crippen molar-refractivity contribution in [2.45, 2.75) is 24.3 Å². The first-order valence-electron chi connectivity index (χ1n) is 9.12. The van der Waals surface area contributed by atoms with Crippen LogP contribution in [0.3, 0.4) is 0 Å². The summed E-state index contributed by atoms with van der Waals surface area (Å²) in [5.74, 6) is 0.0615. The molecule has 2 fully saturated rings. The molecule has 0 unspecified atom stereocenters. The second-order valence-corrected chi connectivity index (χ2v) is 8.89. The molecule has 2 saturated heterocycles. The molecule has 1 atom stereocenters. The smallest absolute Gasteiger partial charge is 0.243 e. The molecular formula is C18H24N2O5S. The number of sulfonamides is 1. The van der Waals surface area contributed by atoms with Crippen LogP contribution in [0, 0.1) is 5.92 Å². The highest BCUT2D eigenvalue weighted by molar-refractivity contribution is 7.89. The number of carbonyl (C=O) groups excluding carboxylic acids is 1. The van der Waals surface area contributed by atoms with E-state index in [9.17, 15) is 13.2 Å². The molecule has 142 valence electrons. The molecule has 3 heterocycles. The highest BCUT2D eigenvalue weighted by Gasteiger charge is 2.34. The average Bonchev–Trinajstić information content (AvgIpc) is 3.22. The van der Waals surface area contributed by atoms with Crippen molar-refractivity contribution in [1.82, 2.24) is 9.21 Å². The van der Waals surface area contributed by atoms with E-state index in [4.69, 9.17) is 9.47 Å². The molecule has 3 aliphatic rings. The first kappa shape index (κ1) is 17.9. The Morgan fingerprint density at radius 3 is 2.62 bits per heavy atom. The second-order valence-electron chi connectivity index (χ2n) is 6.98. The molecule has 1 aromatic carbocycles. The lowest BCUT2D eigenvalue weighted by atomic mass is 9.98. The number of benzene rings is 1. The van der Waals surface area contributed by atoms with Gasteiger partial charge in [0.05, 0.1) is 30.6 Å². The summed E-state index contributed by atoms with van der Waals surface area (Å²) < 4.78 is 38.2. The monoisotopic (exact) mass is 380 g/mol. The van der Waals surface area contributed by atoms with Crippen LogP contribution in [-0.4, -0.2) is 69.6 Å². The van der Waals surface area contributed by atoms with Crippen LogP contribution >= 0.6 is 0 Å². The summed E-state index contributed by atoms with van der Waals surface area (Å²) in [6, 6.07) is 5.39. The summed E-state index contributed by atoms with van der Waals surface area (Å²) in [4.78, 5) is 14.9. The van der Waals surface area contributed by atoms with Crippen LogP contribution in [0.1, 0.15) is 17.5 Å². The van der Waals surface area contributed by atoms with Crippen LogP contribution in [0.5, 0.6) is 0 Å². The Kier molecular flexibility index (Phi) is 5.00. The standard InChI is InChI=1S/C18H24N2O5S/c21-18(15-5-9-25-13-15)19-6-4-16-14(12-19)2-1-3-17(16)26(22,23)20-7-10-24-11-8-20/h1-3,15H,4-13H2/t15-/m1/s1. The zero-order valence-corrected chi connectivity index (χ0v) is 15.5. The Hall–Kier alpha value is -1.48. The molecule has 1 aromatic rings. The van der Waals surface area contributed by atoms with E-state index in [2.05, 4.69) is 0 Å². The Bertz CT molecular complexity index is 783. The number of morpholine rings is 1. The molecule has 3 aliphatic heterocycles. The number of hydrogen-bond acceptors (Lipinski definition) is 5. The third kappa shape index (κ3) is 3.26. The van der Waals surface area contributed by atoms with Crippen molar-refractivity contribution >= 4 is 15.9 Å². The van der Waals surface area contributed by atoms with Gasteiger partial charge in [-0.2, -0.15) is 4.31 Å². The quantitative estimate of drug-likeness (QED) is 0.769. The Morgan fingerprint density at radius 1 is 1.08 bits per heavy atom. The van der Waals surface area contributed by atoms with E-state index in [1.165, 1.54) is 4.31 Å². The normalized spacial score (nSPS) is 24.5. The van der Waals surface area contributed by atoms with Gasteiger partial charge in [0, 0.05) is 32.8 Å². The van der Waals surface area contributed by atoms with Crippen LogP contribution in [0.25, 0.3) is 0 Å². The second kappa shape index (κ2) is 7.26. The lowest BCUT2D eigenvalue weighted by Gasteiger charge is -2.33. The molecule has 0 bridgehead atoms. The van der Waals surface area contributed by atoms with Crippen molar-refractivity contribution in [2.75, 3.05) is 46.1 Å². The number of hydrogen-bond donors (Lipinski definition) is 0. The van der Waals surface area contributed by atoms with Gasteiger partial charge in [-0.1, -0.05) is 12.1 Å². The van der Waals surface area contributed by atoms with Gasteiger partial charge >= 0.3 is 0 Å². The van der Waals surface area contributed by atoms with E-state index in [-0.39, 0.29) is 11.8 Å². The van der Waals surface area contributed by atoms with E-state index >= 15 is 0 Å². The Labute approximate surface area is 153 Å². The van der Waals surface area contributed by atoms with Gasteiger partial charge in [-0.15, -0.1) is 0 Å². The fraction of sp³-hybridized carbons (Fsp3) is 0.611. The molecule has 0 N–H and O–H groups in total. The number of amides is 1. The molecule has 0 radical (unpaired) electrons. The van der Waals surface area contributed by atoms with Crippen LogP contribution < -0.4 is 0 Å². The van der Waals surface area contributed by atoms with Gasteiger partial charge in [0.1, 0.15) is 0 Å². The molecule has 0 aromatic heterocycles. The van der Waals surface area contributed by atoms with E-state index < -0.39 is 10.0 Å². The summed E-state index contributed by atoms with van der Waals surface area (Å²) in [5, 5.41) is 0. The molecule has 1 amide bonds. The van der Waals surface area contributed by atoms with Crippen molar-refractivity contribution in [3.05, 3.63) is 29.3 Å². The van der Waals surface area contributed by atoms with Crippen molar-refractivity contribution in [3.63, 3.8) is 0 Å². The summed E-state index contributed by atoms with van der Waals surface area (Å²) in [6.07, 6.45) is 1.34. The fourth-order valence-corrected chi connectivity index (χ4v) is 5.62. The van der Waals surface area contributed by atoms with Gasteiger partial charge in [0.25, 0.3) is 0 Å². The molecule has 0 saturated carbocycles. The predicted octanol–water partition coefficient (Wildman–Crippen LogP) is 0.629. The van der Waals surface area contributed by atoms with E-state index in [0.29, 0.717) is 63.9 Å². The van der Waals surface area contributed by atoms with Gasteiger partial charge in [0.2, 0.25) is 15.9 Å². The van der Waals surface area contributed by atoms with E-state index in [0.717, 1.165) is 17.5 Å². The predicted molar refractivity (Wildman–Crippen MR) is 94.1 cm³/mol. The largest absolute Gasteiger partial charge is 0.381 e. The van der Waals surface area contributed by atoms with Crippen molar-refractivity contribution in [3.8, 4) is 0 Å². The molecule has 26 heavy (non-hydrogen) atoms. The number of rotatable bonds is 3. The average molecular weight is 380 g/mol. The fourth-order valence-electron chi connectivity index (χ4n) is 3.92. The van der Waals surface area contributed by atoms with Gasteiger partial charge in [-0.25, -0.2) is 8.42 Å². The van der Waals surface area contributed by atoms with E-state index in [1.807, 2.05) is 11.0 Å². The minimum Gasteiger partial charge on any atom is -0.381 e. The summed E-state index contributed by atoms with van der Waals surface area (Å²) >= 11 is 0. The van der Waals surface area contributed by atoms with E-state index in [1.54, 1.807) is 12.1 Å². The first-order chi connectivity index (χ1) is 12.6. The molecule has 7 nitrogen and oxygen atoms in total. The maximum Gasteiger partial charge on any atom is 0.243 e. The summed E-state index contributed by atoms with van der Waals surface area (Å²) in [5.41, 5.74) is 1.78. The van der Waals surface area contributed by atoms with Crippen LogP contribution in [-0.2, 0) is 37.3 Å². The maximum absolute atomic E-state index is 13.1. The number of fused-ring (bicyclic) bond motifs is 1. The van der Waals surface area contributed by atoms with Crippen molar-refractivity contribution in [1.29, 1.82) is 0 Å². The highest BCUT2D eigenvalue weighted by atomic mass is 32.2. The number of carbonyl (C=O) groups is 1. The van der Waals surface area contributed by atoms with Crippen molar-refractivity contribution < 1.29 is 22.7 Å². The Morgan fingerprint density at radius 2 is 1.88 bits per heavy atom. The van der Waals surface area contributed by atoms with Crippen LogP contribution in [0.2, 0.25) is 0 Å². The van der Waals surface area contributed by atoms with Gasteiger partial charge in [0.15, 0.2) is 0 Å². The molecular weight excluding hydrogens is 356 g/mol. The van der Waals surface area contributed by atoms with Crippen LogP contribution in [0.4, 0.5) is 0 Å². The third-order valence-corrected chi connectivity index (χ3v) is 7.38. The minimum absolute atomic E-state index is 0.0585. The lowest BCUT2D eigenvalue weighted by molar-refractivity contribution is -0.136. The zero-order valence-electron chi connectivity index (χ0n) is 14.7. The summed E-state index contributed by atoms with van der Waals surface area (Å²) in [7, 11) is -3.53. The van der Waals surface area contributed by atoms with Crippen molar-refractivity contribution in [2.24, 2.45) is 5.92 Å². The Balaban J connectivity index is 1.58. The minimum atomic E-state index is -3.53. The maximum atomic E-state index is 13.1. The molecule has 8 heteroatoms.